The highest BCUT2D eigenvalue weighted by molar-refractivity contribution is 6.03. The van der Waals surface area contributed by atoms with Crippen molar-refractivity contribution in [2.45, 2.75) is 27.2 Å². The molecule has 0 aliphatic carbocycles. The smallest absolute Gasteiger partial charge is 0.116 e. The van der Waals surface area contributed by atoms with Gasteiger partial charge in [0.05, 0.1) is 58.1 Å². The van der Waals surface area contributed by atoms with Crippen LogP contribution >= 0.6 is 0 Å². The number of fused-ring (bicyclic) bond motifs is 4. The first-order valence-corrected chi connectivity index (χ1v) is 22.4. The lowest BCUT2D eigenvalue weighted by molar-refractivity contribution is 0.662. The van der Waals surface area contributed by atoms with Crippen LogP contribution in [0.4, 0.5) is 5.69 Å². The summed E-state index contributed by atoms with van der Waals surface area (Å²) in [5.74, 6) is 0.377. The fraction of sp³-hybridized carbons (Fsp3) is 0.0909. The number of nitrogens with zero attached hydrogens (tertiary/aromatic N) is 8. The second kappa shape index (κ2) is 17.7. The normalized spacial score (nSPS) is 11.8. The third-order valence-electron chi connectivity index (χ3n) is 12.6. The molecule has 1 unspecified atom stereocenters. The fourth-order valence-electron chi connectivity index (χ4n) is 8.62. The molecule has 68 heavy (non-hydrogen) atoms. The van der Waals surface area contributed by atoms with E-state index >= 15 is 0 Å². The van der Waals surface area contributed by atoms with E-state index in [0.717, 1.165) is 135 Å². The fourth-order valence-corrected chi connectivity index (χ4v) is 8.62. The molecule has 0 fully saturated rings. The van der Waals surface area contributed by atoms with Gasteiger partial charge in [0.15, 0.2) is 0 Å². The average molecular weight is 888 g/mol. The van der Waals surface area contributed by atoms with Crippen molar-refractivity contribution in [3.8, 4) is 67.5 Å². The summed E-state index contributed by atoms with van der Waals surface area (Å²) in [6.45, 7) is 10.6. The van der Waals surface area contributed by atoms with Crippen LogP contribution in [0.3, 0.4) is 0 Å². The highest BCUT2D eigenvalue weighted by Crippen LogP contribution is 2.37. The number of benzene rings is 2. The quantitative estimate of drug-likeness (QED) is 0.0893. The number of nitrogens with one attached hydrogen (secondary N) is 5. The Labute approximate surface area is 391 Å². The predicted octanol–water partition coefficient (Wildman–Crippen LogP) is 12.7. The molecule has 0 spiro atoms. The van der Waals surface area contributed by atoms with Crippen molar-refractivity contribution >= 4 is 49.3 Å². The van der Waals surface area contributed by atoms with E-state index in [1.54, 1.807) is 6.20 Å². The van der Waals surface area contributed by atoms with Crippen molar-refractivity contribution in [1.29, 1.82) is 0 Å². The zero-order valence-electron chi connectivity index (χ0n) is 37.6. The monoisotopic (exact) mass is 887 g/mol. The van der Waals surface area contributed by atoms with E-state index in [2.05, 4.69) is 160 Å². The predicted molar refractivity (Wildman–Crippen MR) is 272 cm³/mol. The molecule has 12 rings (SSSR count). The van der Waals surface area contributed by atoms with E-state index in [-0.39, 0.29) is 0 Å². The minimum atomic E-state index is 0.377. The molecule has 0 saturated carbocycles. The molecular weight excluding hydrogens is 843 g/mol. The van der Waals surface area contributed by atoms with Gasteiger partial charge in [-0.1, -0.05) is 44.7 Å². The maximum absolute atomic E-state index is 4.67. The largest absolute Gasteiger partial charge is 0.358 e. The molecule has 2 aromatic carbocycles. The minimum absolute atomic E-state index is 0.377. The highest BCUT2D eigenvalue weighted by Gasteiger charge is 2.18. The van der Waals surface area contributed by atoms with Gasteiger partial charge in [-0.05, 0) is 120 Å². The summed E-state index contributed by atoms with van der Waals surface area (Å²) < 4.78 is 0. The lowest BCUT2D eigenvalue weighted by Crippen LogP contribution is -2.07. The van der Waals surface area contributed by atoms with Gasteiger partial charge in [0.1, 0.15) is 11.4 Å². The highest BCUT2D eigenvalue weighted by atomic mass is 15.1. The lowest BCUT2D eigenvalue weighted by Gasteiger charge is -2.15. The zero-order valence-corrected chi connectivity index (χ0v) is 37.6. The Morgan fingerprint density at radius 1 is 0.544 bits per heavy atom. The molecule has 1 atom stereocenters. The third kappa shape index (κ3) is 7.91. The van der Waals surface area contributed by atoms with Crippen molar-refractivity contribution in [2.24, 2.45) is 5.92 Å². The van der Waals surface area contributed by atoms with Gasteiger partial charge in [-0.15, -0.1) is 0 Å². The van der Waals surface area contributed by atoms with Crippen molar-refractivity contribution < 1.29 is 0 Å². The summed E-state index contributed by atoms with van der Waals surface area (Å²) in [7, 11) is 0. The van der Waals surface area contributed by atoms with Gasteiger partial charge in [0.25, 0.3) is 0 Å². The number of aromatic nitrogens is 12. The van der Waals surface area contributed by atoms with Crippen LogP contribution in [0.1, 0.15) is 25.8 Å². The van der Waals surface area contributed by atoms with Gasteiger partial charge in [-0.2, -0.15) is 10.2 Å². The van der Waals surface area contributed by atoms with Gasteiger partial charge >= 0.3 is 0 Å². The average Bonchev–Trinajstić information content (AvgIpc) is 4.21. The van der Waals surface area contributed by atoms with E-state index < -0.39 is 0 Å². The molecule has 0 aliphatic heterocycles. The van der Waals surface area contributed by atoms with E-state index in [9.17, 15) is 0 Å². The van der Waals surface area contributed by atoms with E-state index in [1.807, 2.05) is 86.1 Å². The van der Waals surface area contributed by atoms with E-state index in [4.69, 9.17) is 0 Å². The zero-order chi connectivity index (χ0) is 46.1. The molecule has 10 heterocycles. The Balaban J connectivity index is 0.000000151. The topological polar surface area (TPSA) is 178 Å². The van der Waals surface area contributed by atoms with Crippen LogP contribution < -0.4 is 5.32 Å². The third-order valence-corrected chi connectivity index (χ3v) is 12.6. The van der Waals surface area contributed by atoms with E-state index in [1.165, 1.54) is 0 Å². The Morgan fingerprint density at radius 2 is 1.10 bits per heavy atom. The number of hydrogen-bond acceptors (Lipinski definition) is 9. The maximum Gasteiger partial charge on any atom is 0.116 e. The van der Waals surface area contributed by atoms with Crippen LogP contribution in [0.25, 0.3) is 111 Å². The van der Waals surface area contributed by atoms with Gasteiger partial charge in [-0.3, -0.25) is 40.1 Å². The molecule has 0 bridgehead atoms. The van der Waals surface area contributed by atoms with Crippen molar-refractivity contribution in [1.82, 2.24) is 60.3 Å². The lowest BCUT2D eigenvalue weighted by atomic mass is 10.0. The number of anilines is 1. The van der Waals surface area contributed by atoms with Crippen LogP contribution in [0.2, 0.25) is 0 Å². The second-order valence-corrected chi connectivity index (χ2v) is 16.9. The summed E-state index contributed by atoms with van der Waals surface area (Å²) >= 11 is 0. The molecule has 330 valence electrons. The summed E-state index contributed by atoms with van der Waals surface area (Å²) in [6, 6.07) is 33.2. The van der Waals surface area contributed by atoms with Crippen LogP contribution in [0.15, 0.2) is 171 Å². The van der Waals surface area contributed by atoms with Crippen LogP contribution in [-0.4, -0.2) is 60.3 Å². The molecule has 13 nitrogen and oxygen atoms in total. The number of rotatable bonds is 10. The van der Waals surface area contributed by atoms with Crippen molar-refractivity contribution in [2.75, 3.05) is 5.32 Å². The number of H-pyrrole nitrogens is 4. The molecule has 10 aromatic heterocycles. The van der Waals surface area contributed by atoms with Gasteiger partial charge in [0.2, 0.25) is 0 Å². The second-order valence-electron chi connectivity index (χ2n) is 16.9. The summed E-state index contributed by atoms with van der Waals surface area (Å²) in [5.41, 5.74) is 18.8. The van der Waals surface area contributed by atoms with Gasteiger partial charge < -0.3 is 15.3 Å². The first kappa shape index (κ1) is 41.6. The molecular formula is C55H45N13. The number of aryl methyl sites for hydroxylation is 1. The SMILES string of the molecule is C=C(Nc1cncc(-c2cc3c(-c4cc5c(-c6ccncc6)cccc5[nH]4)n[nH]c3cn2)c1)C(C)CC.Cc1ccncc1-c1cc2c(-c3cc4c(-c5ccncc5)cccc4[nH]3)n[nH]c2cn1. The Kier molecular flexibility index (Phi) is 10.8. The molecule has 0 amide bonds. The molecule has 0 saturated heterocycles. The van der Waals surface area contributed by atoms with Gasteiger partial charge in [0, 0.05) is 92.8 Å². The Bertz CT molecular complexity index is 3770. The molecule has 13 heteroatoms. The number of allylic oxidation sites excluding steroid dienone is 1. The standard InChI is InChI=1S/C30H27N7.C25H18N6/c1-4-18(2)19(3)34-22-12-21(15-32-16-22)27-14-25-29(17-33-27)36-37-30(25)28-13-24-23(6-5-7-26(24)35-28)20-8-10-31-11-9-20;1-15-5-8-27-13-20(15)22-12-19-24(14-28-22)30-31-25(19)23-11-18-17(3-2-4-21(18)29-23)16-6-9-26-10-7-16/h5-18,34-35H,3-4H2,1-2H3,(H,36,37);2-14,29H,1H3,(H,30,31). The number of hydrogen-bond donors (Lipinski definition) is 5. The maximum atomic E-state index is 4.67. The van der Waals surface area contributed by atoms with Gasteiger partial charge in [-0.25, -0.2) is 0 Å². The van der Waals surface area contributed by atoms with Crippen LogP contribution in [0, 0.1) is 12.8 Å². The molecule has 0 aliphatic rings. The van der Waals surface area contributed by atoms with E-state index in [0.29, 0.717) is 5.92 Å². The number of pyridine rings is 6. The van der Waals surface area contributed by atoms with Crippen molar-refractivity contribution in [3.63, 3.8) is 0 Å². The molecule has 5 N–H and O–H groups in total. The first-order chi connectivity index (χ1) is 33.4. The molecule has 12 aromatic rings. The summed E-state index contributed by atoms with van der Waals surface area (Å²) in [5, 5.41) is 23.2. The molecule has 0 radical (unpaired) electrons. The van der Waals surface area contributed by atoms with Crippen LogP contribution in [-0.2, 0) is 0 Å². The number of aromatic amines is 4. The van der Waals surface area contributed by atoms with Crippen LogP contribution in [0.5, 0.6) is 0 Å². The Morgan fingerprint density at radius 3 is 1.68 bits per heavy atom. The first-order valence-electron chi connectivity index (χ1n) is 22.4. The summed E-state index contributed by atoms with van der Waals surface area (Å²) in [4.78, 5) is 33.4. The Hall–Kier alpha value is -9.10. The minimum Gasteiger partial charge on any atom is -0.358 e. The summed E-state index contributed by atoms with van der Waals surface area (Å²) in [6.07, 6.45) is 19.2. The van der Waals surface area contributed by atoms with Crippen molar-refractivity contribution in [3.05, 3.63) is 177 Å².